The van der Waals surface area contributed by atoms with Gasteiger partial charge in [-0.1, -0.05) is 42.1 Å². The number of thioether (sulfide) groups is 1. The fourth-order valence-corrected chi connectivity index (χ4v) is 5.38. The van der Waals surface area contributed by atoms with E-state index in [1.807, 2.05) is 71.6 Å². The summed E-state index contributed by atoms with van der Waals surface area (Å²) < 4.78 is 7.95. The molecule has 2 aromatic heterocycles. The highest BCUT2D eigenvalue weighted by molar-refractivity contribution is 7.99. The van der Waals surface area contributed by atoms with Gasteiger partial charge in [-0.3, -0.25) is 4.79 Å². The molecule has 9 heteroatoms. The molecule has 1 aliphatic rings. The third-order valence-corrected chi connectivity index (χ3v) is 7.48. The molecule has 1 amide bonds. The van der Waals surface area contributed by atoms with Gasteiger partial charge >= 0.3 is 0 Å². The van der Waals surface area contributed by atoms with Crippen LogP contribution in [-0.2, 0) is 11.8 Å². The molecule has 5 rings (SSSR count). The first-order valence-corrected chi connectivity index (χ1v) is 13.1. The Labute approximate surface area is 206 Å². The van der Waals surface area contributed by atoms with Gasteiger partial charge in [0.1, 0.15) is 5.75 Å². The number of hydrogen-bond donors (Lipinski definition) is 1. The van der Waals surface area contributed by atoms with Crippen molar-refractivity contribution >= 4 is 34.1 Å². The molecule has 4 aromatic rings. The zero-order valence-corrected chi connectivity index (χ0v) is 20.4. The number of aromatic nitrogens is 4. The minimum atomic E-state index is -0.128. The first-order chi connectivity index (χ1) is 16.7. The van der Waals surface area contributed by atoms with Crippen LogP contribution in [0.15, 0.2) is 65.1 Å². The van der Waals surface area contributed by atoms with E-state index in [4.69, 9.17) is 4.74 Å². The summed E-state index contributed by atoms with van der Waals surface area (Å²) in [7, 11) is 1.91. The molecule has 0 saturated heterocycles. The second-order valence-corrected chi connectivity index (χ2v) is 9.96. The van der Waals surface area contributed by atoms with E-state index >= 15 is 0 Å². The van der Waals surface area contributed by atoms with E-state index in [9.17, 15) is 4.79 Å². The monoisotopic (exact) mass is 491 g/mol. The highest BCUT2D eigenvalue weighted by Gasteiger charge is 2.17. The van der Waals surface area contributed by atoms with Gasteiger partial charge in [0.05, 0.1) is 17.6 Å². The Hall–Kier alpha value is -3.17. The van der Waals surface area contributed by atoms with E-state index in [-0.39, 0.29) is 11.7 Å². The number of amides is 1. The number of thiazole rings is 1. The molecule has 2 heterocycles. The molecule has 1 saturated carbocycles. The second kappa shape index (κ2) is 10.4. The molecule has 0 bridgehead atoms. The molecule has 0 atom stereocenters. The van der Waals surface area contributed by atoms with Gasteiger partial charge in [0.15, 0.2) is 16.1 Å². The lowest BCUT2D eigenvalue weighted by Gasteiger charge is -2.13. The molecule has 174 valence electrons. The molecular formula is C25H25N5O2S2. The fraction of sp³-hybridized carbons (Fsp3) is 0.280. The average molecular weight is 492 g/mol. The van der Waals surface area contributed by atoms with Gasteiger partial charge in [-0.05, 0) is 49.9 Å². The predicted molar refractivity (Wildman–Crippen MR) is 136 cm³/mol. The van der Waals surface area contributed by atoms with E-state index < -0.39 is 0 Å². The number of carbonyl (C=O) groups excluding carboxylic acids is 1. The van der Waals surface area contributed by atoms with E-state index in [0.29, 0.717) is 16.4 Å². The highest BCUT2D eigenvalue weighted by atomic mass is 32.2. The van der Waals surface area contributed by atoms with Crippen molar-refractivity contribution in [1.82, 2.24) is 19.7 Å². The molecule has 1 aliphatic carbocycles. The topological polar surface area (TPSA) is 81.9 Å². The molecule has 2 aromatic carbocycles. The van der Waals surface area contributed by atoms with Crippen molar-refractivity contribution in [2.75, 3.05) is 11.1 Å². The standard InChI is InChI=1S/C25H25N5O2S2/c1-30-23(18-11-13-20(14-12-18)32-19-9-5-6-10-19)28-29-25(30)34-16-22(31)27-24-26-21(15-33-24)17-7-3-2-4-8-17/h2-4,7-8,11-15,19H,5-6,9-10,16H2,1H3,(H,26,27,31). The van der Waals surface area contributed by atoms with Crippen LogP contribution in [0.4, 0.5) is 5.13 Å². The molecule has 1 N–H and O–H groups in total. The number of ether oxygens (including phenoxy) is 1. The predicted octanol–water partition coefficient (Wildman–Crippen LogP) is 5.66. The van der Waals surface area contributed by atoms with Gasteiger partial charge in [-0.15, -0.1) is 21.5 Å². The van der Waals surface area contributed by atoms with E-state index in [1.54, 1.807) is 0 Å². The summed E-state index contributed by atoms with van der Waals surface area (Å²) in [4.78, 5) is 17.0. The Balaban J connectivity index is 1.16. The van der Waals surface area contributed by atoms with Crippen molar-refractivity contribution in [3.63, 3.8) is 0 Å². The van der Waals surface area contributed by atoms with Gasteiger partial charge in [0.25, 0.3) is 0 Å². The Morgan fingerprint density at radius 1 is 1.09 bits per heavy atom. The minimum absolute atomic E-state index is 0.128. The van der Waals surface area contributed by atoms with Crippen LogP contribution in [0, 0.1) is 0 Å². The SMILES string of the molecule is Cn1c(SCC(=O)Nc2nc(-c3ccccc3)cs2)nnc1-c1ccc(OC2CCCC2)cc1. The number of anilines is 1. The largest absolute Gasteiger partial charge is 0.490 e. The fourth-order valence-electron chi connectivity index (χ4n) is 3.93. The van der Waals surface area contributed by atoms with Crippen molar-refractivity contribution in [3.05, 3.63) is 60.0 Å². The third kappa shape index (κ3) is 5.31. The number of nitrogens with zero attached hydrogens (tertiary/aromatic N) is 4. The molecule has 0 aliphatic heterocycles. The van der Waals surface area contributed by atoms with E-state index in [0.717, 1.165) is 41.2 Å². The van der Waals surface area contributed by atoms with Crippen molar-refractivity contribution in [2.45, 2.75) is 36.9 Å². The van der Waals surface area contributed by atoms with Crippen LogP contribution < -0.4 is 10.1 Å². The Morgan fingerprint density at radius 2 is 1.85 bits per heavy atom. The summed E-state index contributed by atoms with van der Waals surface area (Å²) in [5, 5.41) is 14.7. The van der Waals surface area contributed by atoms with E-state index in [1.165, 1.54) is 35.9 Å². The van der Waals surface area contributed by atoms with Crippen LogP contribution in [0.3, 0.4) is 0 Å². The zero-order chi connectivity index (χ0) is 23.3. The Bertz CT molecular complexity index is 1250. The average Bonchev–Trinajstić information content (AvgIpc) is 3.61. The van der Waals surface area contributed by atoms with Gasteiger partial charge in [0, 0.05) is 23.6 Å². The van der Waals surface area contributed by atoms with Gasteiger partial charge < -0.3 is 14.6 Å². The summed E-state index contributed by atoms with van der Waals surface area (Å²) in [6.07, 6.45) is 5.10. The van der Waals surface area contributed by atoms with Crippen LogP contribution >= 0.6 is 23.1 Å². The highest BCUT2D eigenvalue weighted by Crippen LogP contribution is 2.28. The van der Waals surface area contributed by atoms with Gasteiger partial charge in [-0.2, -0.15) is 0 Å². The molecule has 0 spiro atoms. The molecular weight excluding hydrogens is 466 g/mol. The number of carbonyl (C=O) groups is 1. The van der Waals surface area contributed by atoms with Crippen molar-refractivity contribution in [2.24, 2.45) is 7.05 Å². The van der Waals surface area contributed by atoms with Crippen LogP contribution in [0.25, 0.3) is 22.6 Å². The Kier molecular flexibility index (Phi) is 6.92. The number of benzene rings is 2. The van der Waals surface area contributed by atoms with Crippen LogP contribution in [0.2, 0.25) is 0 Å². The quantitative estimate of drug-likeness (QED) is 0.320. The number of nitrogens with one attached hydrogen (secondary N) is 1. The first kappa shape index (κ1) is 22.6. The summed E-state index contributed by atoms with van der Waals surface area (Å²) >= 11 is 2.76. The van der Waals surface area contributed by atoms with E-state index in [2.05, 4.69) is 20.5 Å². The van der Waals surface area contributed by atoms with Gasteiger partial charge in [0.2, 0.25) is 5.91 Å². The zero-order valence-electron chi connectivity index (χ0n) is 18.8. The lowest BCUT2D eigenvalue weighted by atomic mass is 10.2. The smallest absolute Gasteiger partial charge is 0.236 e. The lowest BCUT2D eigenvalue weighted by molar-refractivity contribution is -0.113. The van der Waals surface area contributed by atoms with Crippen LogP contribution in [0.5, 0.6) is 5.75 Å². The maximum absolute atomic E-state index is 12.5. The minimum Gasteiger partial charge on any atom is -0.490 e. The number of rotatable bonds is 8. The maximum Gasteiger partial charge on any atom is 0.236 e. The third-order valence-electron chi connectivity index (χ3n) is 5.70. The molecule has 34 heavy (non-hydrogen) atoms. The summed E-state index contributed by atoms with van der Waals surface area (Å²) in [6, 6.07) is 17.9. The van der Waals surface area contributed by atoms with Crippen LogP contribution in [0.1, 0.15) is 25.7 Å². The summed E-state index contributed by atoms with van der Waals surface area (Å²) in [6.45, 7) is 0. The normalized spacial score (nSPS) is 13.8. The van der Waals surface area contributed by atoms with Crippen LogP contribution in [-0.4, -0.2) is 37.5 Å². The lowest BCUT2D eigenvalue weighted by Crippen LogP contribution is -2.14. The van der Waals surface area contributed by atoms with Gasteiger partial charge in [-0.25, -0.2) is 4.98 Å². The summed E-state index contributed by atoms with van der Waals surface area (Å²) in [5.41, 5.74) is 2.84. The molecule has 0 radical (unpaired) electrons. The molecule has 1 fully saturated rings. The van der Waals surface area contributed by atoms with Crippen molar-refractivity contribution in [1.29, 1.82) is 0 Å². The molecule has 7 nitrogen and oxygen atoms in total. The maximum atomic E-state index is 12.5. The number of hydrogen-bond acceptors (Lipinski definition) is 7. The second-order valence-electron chi connectivity index (χ2n) is 8.15. The summed E-state index contributed by atoms with van der Waals surface area (Å²) in [5.74, 6) is 1.74. The Morgan fingerprint density at radius 3 is 2.62 bits per heavy atom. The molecule has 0 unspecified atom stereocenters. The van der Waals surface area contributed by atoms with Crippen molar-refractivity contribution < 1.29 is 9.53 Å². The van der Waals surface area contributed by atoms with Crippen molar-refractivity contribution in [3.8, 4) is 28.4 Å². The first-order valence-electron chi connectivity index (χ1n) is 11.3.